The summed E-state index contributed by atoms with van der Waals surface area (Å²) in [5.74, 6) is -0.589. The van der Waals surface area contributed by atoms with Gasteiger partial charge in [0.15, 0.2) is 5.79 Å². The van der Waals surface area contributed by atoms with Crippen molar-refractivity contribution in [1.29, 1.82) is 0 Å². The van der Waals surface area contributed by atoms with E-state index in [2.05, 4.69) is 0 Å². The van der Waals surface area contributed by atoms with Gasteiger partial charge in [-0.3, -0.25) is 0 Å². The zero-order valence-corrected chi connectivity index (χ0v) is 10.8. The first-order valence-corrected chi connectivity index (χ1v) is 6.19. The second kappa shape index (κ2) is 5.80. The predicted octanol–water partition coefficient (Wildman–Crippen LogP) is 1.72. The van der Waals surface area contributed by atoms with Crippen LogP contribution in [0.1, 0.15) is 19.4 Å². The molecule has 1 fully saturated rings. The summed E-state index contributed by atoms with van der Waals surface area (Å²) in [4.78, 5) is 0. The van der Waals surface area contributed by atoms with Crippen LogP contribution in [0.25, 0.3) is 0 Å². The highest BCUT2D eigenvalue weighted by atomic mass is 16.7. The van der Waals surface area contributed by atoms with Gasteiger partial charge in [-0.05, 0) is 19.4 Å². The van der Waals surface area contributed by atoms with Gasteiger partial charge in [0.25, 0.3) is 0 Å². The Balaban J connectivity index is 1.87. The molecule has 0 saturated carbocycles. The van der Waals surface area contributed by atoms with E-state index in [1.54, 1.807) is 0 Å². The zero-order valence-electron chi connectivity index (χ0n) is 10.8. The molecule has 1 N–H and O–H groups in total. The smallest absolute Gasteiger partial charge is 0.163 e. The fourth-order valence-corrected chi connectivity index (χ4v) is 1.95. The summed E-state index contributed by atoms with van der Waals surface area (Å²) in [7, 11) is 0. The molecule has 2 atom stereocenters. The van der Waals surface area contributed by atoms with Crippen molar-refractivity contribution in [3.63, 3.8) is 0 Å². The highest BCUT2D eigenvalue weighted by Gasteiger charge is 2.37. The second-order valence-electron chi connectivity index (χ2n) is 4.88. The number of rotatable bonds is 5. The van der Waals surface area contributed by atoms with Crippen LogP contribution in [-0.4, -0.2) is 36.3 Å². The summed E-state index contributed by atoms with van der Waals surface area (Å²) < 4.78 is 16.9. The Labute approximate surface area is 107 Å². The van der Waals surface area contributed by atoms with Crippen LogP contribution in [0.15, 0.2) is 30.3 Å². The van der Waals surface area contributed by atoms with Crippen molar-refractivity contribution < 1.29 is 19.3 Å². The molecule has 1 aliphatic heterocycles. The lowest BCUT2D eigenvalue weighted by molar-refractivity contribution is -0.162. The number of ether oxygens (including phenoxy) is 3. The standard InChI is InChI=1S/C14H20O4/c1-14(2)17-10-13(18-14)12(8-15)16-9-11-6-4-3-5-7-11/h3-7,12-13,15H,8-10H2,1-2H3/t12-,13?/m0/s1. The molecular weight excluding hydrogens is 232 g/mol. The molecule has 2 rings (SSSR count). The van der Waals surface area contributed by atoms with Gasteiger partial charge < -0.3 is 19.3 Å². The van der Waals surface area contributed by atoms with Gasteiger partial charge in [0.1, 0.15) is 12.2 Å². The van der Waals surface area contributed by atoms with Crippen LogP contribution in [0.3, 0.4) is 0 Å². The summed E-state index contributed by atoms with van der Waals surface area (Å²) in [6.07, 6.45) is -0.569. The maximum absolute atomic E-state index is 9.37. The van der Waals surface area contributed by atoms with E-state index in [4.69, 9.17) is 14.2 Å². The molecule has 1 unspecified atom stereocenters. The Kier molecular flexibility index (Phi) is 4.35. The summed E-state index contributed by atoms with van der Waals surface area (Å²) >= 11 is 0. The second-order valence-corrected chi connectivity index (χ2v) is 4.88. The molecule has 1 aromatic rings. The van der Waals surface area contributed by atoms with Gasteiger partial charge in [0.05, 0.1) is 19.8 Å². The van der Waals surface area contributed by atoms with Gasteiger partial charge in [0, 0.05) is 0 Å². The Morgan fingerprint density at radius 3 is 2.67 bits per heavy atom. The van der Waals surface area contributed by atoms with Crippen LogP contribution in [0.5, 0.6) is 0 Å². The Morgan fingerprint density at radius 1 is 1.39 bits per heavy atom. The van der Waals surface area contributed by atoms with Crippen molar-refractivity contribution >= 4 is 0 Å². The Morgan fingerprint density at radius 2 is 2.11 bits per heavy atom. The minimum absolute atomic E-state index is 0.0725. The van der Waals surface area contributed by atoms with Gasteiger partial charge in [-0.2, -0.15) is 0 Å². The molecule has 0 amide bonds. The fourth-order valence-electron chi connectivity index (χ4n) is 1.95. The van der Waals surface area contributed by atoms with Crippen molar-refractivity contribution in [2.75, 3.05) is 13.2 Å². The van der Waals surface area contributed by atoms with Crippen LogP contribution in [0.4, 0.5) is 0 Å². The quantitative estimate of drug-likeness (QED) is 0.866. The van der Waals surface area contributed by atoms with Crippen LogP contribution < -0.4 is 0 Å². The van der Waals surface area contributed by atoms with Crippen molar-refractivity contribution in [1.82, 2.24) is 0 Å². The first kappa shape index (κ1) is 13.5. The van der Waals surface area contributed by atoms with E-state index in [0.29, 0.717) is 13.2 Å². The number of benzene rings is 1. The van der Waals surface area contributed by atoms with Crippen molar-refractivity contribution in [3.8, 4) is 0 Å². The van der Waals surface area contributed by atoms with Gasteiger partial charge in [0.2, 0.25) is 0 Å². The van der Waals surface area contributed by atoms with E-state index in [0.717, 1.165) is 5.56 Å². The van der Waals surface area contributed by atoms with E-state index in [9.17, 15) is 5.11 Å². The van der Waals surface area contributed by atoms with Crippen LogP contribution in [-0.2, 0) is 20.8 Å². The minimum Gasteiger partial charge on any atom is -0.394 e. The lowest BCUT2D eigenvalue weighted by Gasteiger charge is -2.23. The molecule has 1 aliphatic rings. The molecule has 1 aromatic carbocycles. The summed E-state index contributed by atoms with van der Waals surface area (Å²) in [5, 5.41) is 9.37. The SMILES string of the molecule is CC1(C)OCC([C@H](CO)OCc2ccccc2)O1. The van der Waals surface area contributed by atoms with E-state index in [-0.39, 0.29) is 18.8 Å². The molecule has 0 aliphatic carbocycles. The third-order valence-corrected chi connectivity index (χ3v) is 2.93. The average Bonchev–Trinajstić information content (AvgIpc) is 2.72. The third kappa shape index (κ3) is 3.53. The first-order valence-electron chi connectivity index (χ1n) is 6.19. The summed E-state index contributed by atoms with van der Waals surface area (Å²) in [5.41, 5.74) is 1.08. The molecular formula is C14H20O4. The topological polar surface area (TPSA) is 47.9 Å². The van der Waals surface area contributed by atoms with E-state index < -0.39 is 5.79 Å². The van der Waals surface area contributed by atoms with Crippen LogP contribution in [0, 0.1) is 0 Å². The average molecular weight is 252 g/mol. The molecule has 0 spiro atoms. The molecule has 1 saturated heterocycles. The summed E-state index contributed by atoms with van der Waals surface area (Å²) in [6.45, 7) is 4.56. The van der Waals surface area contributed by atoms with E-state index in [1.807, 2.05) is 44.2 Å². The third-order valence-electron chi connectivity index (χ3n) is 2.93. The highest BCUT2D eigenvalue weighted by Crippen LogP contribution is 2.25. The lowest BCUT2D eigenvalue weighted by Crippen LogP contribution is -2.35. The molecule has 0 aromatic heterocycles. The lowest BCUT2D eigenvalue weighted by atomic mass is 10.2. The molecule has 0 radical (unpaired) electrons. The van der Waals surface area contributed by atoms with Crippen molar-refractivity contribution in [3.05, 3.63) is 35.9 Å². The molecule has 1 heterocycles. The summed E-state index contributed by atoms with van der Waals surface area (Å²) in [6, 6.07) is 9.87. The van der Waals surface area contributed by atoms with E-state index >= 15 is 0 Å². The highest BCUT2D eigenvalue weighted by molar-refractivity contribution is 5.13. The van der Waals surface area contributed by atoms with Gasteiger partial charge in [-0.1, -0.05) is 30.3 Å². The van der Waals surface area contributed by atoms with Crippen LogP contribution in [0.2, 0.25) is 0 Å². The largest absolute Gasteiger partial charge is 0.394 e. The van der Waals surface area contributed by atoms with Crippen LogP contribution >= 0.6 is 0 Å². The maximum Gasteiger partial charge on any atom is 0.163 e. The monoisotopic (exact) mass is 252 g/mol. The zero-order chi connectivity index (χ0) is 13.0. The van der Waals surface area contributed by atoms with Gasteiger partial charge >= 0.3 is 0 Å². The number of hydrogen-bond acceptors (Lipinski definition) is 4. The number of aliphatic hydroxyl groups excluding tert-OH is 1. The van der Waals surface area contributed by atoms with E-state index in [1.165, 1.54) is 0 Å². The Bertz CT molecular complexity index is 363. The fraction of sp³-hybridized carbons (Fsp3) is 0.571. The first-order chi connectivity index (χ1) is 8.61. The maximum atomic E-state index is 9.37. The normalized spacial score (nSPS) is 24.1. The minimum atomic E-state index is -0.589. The van der Waals surface area contributed by atoms with Gasteiger partial charge in [-0.15, -0.1) is 0 Å². The van der Waals surface area contributed by atoms with Crippen molar-refractivity contribution in [2.24, 2.45) is 0 Å². The molecule has 0 bridgehead atoms. The molecule has 4 heteroatoms. The molecule has 4 nitrogen and oxygen atoms in total. The molecule has 18 heavy (non-hydrogen) atoms. The Hall–Kier alpha value is -0.940. The predicted molar refractivity (Wildman–Crippen MR) is 67.0 cm³/mol. The van der Waals surface area contributed by atoms with Gasteiger partial charge in [-0.25, -0.2) is 0 Å². The van der Waals surface area contributed by atoms with Crippen molar-refractivity contribution in [2.45, 2.75) is 38.4 Å². The molecule has 100 valence electrons. The number of aliphatic hydroxyl groups is 1. The number of hydrogen-bond donors (Lipinski definition) is 1.